The highest BCUT2D eigenvalue weighted by molar-refractivity contribution is 5.96. The highest BCUT2D eigenvalue weighted by atomic mass is 19.1. The number of hydrogen-bond donors (Lipinski definition) is 0. The quantitative estimate of drug-likeness (QED) is 0.225. The Kier molecular flexibility index (Phi) is 9.15. The molecule has 6 nitrogen and oxygen atoms in total. The Morgan fingerprint density at radius 2 is 1.72 bits per heavy atom. The number of fused-ring (bicyclic) bond motifs is 3. The summed E-state index contributed by atoms with van der Waals surface area (Å²) in [6, 6.07) is 12.0. The Balaban J connectivity index is 1.27. The van der Waals surface area contributed by atoms with E-state index < -0.39 is 0 Å². The average Bonchev–Trinajstić information content (AvgIpc) is 3.55. The highest BCUT2D eigenvalue weighted by Crippen LogP contribution is 2.58. The third-order valence-electron chi connectivity index (χ3n) is 11.6. The molecule has 0 N–H and O–H groups in total. The zero-order chi connectivity index (χ0) is 32.6. The number of anilines is 1. The van der Waals surface area contributed by atoms with Crippen LogP contribution in [-0.4, -0.2) is 35.1 Å². The van der Waals surface area contributed by atoms with Gasteiger partial charge in [0.15, 0.2) is 0 Å². The first-order valence-corrected chi connectivity index (χ1v) is 17.3. The van der Waals surface area contributed by atoms with Crippen LogP contribution in [0.2, 0.25) is 0 Å². The van der Waals surface area contributed by atoms with E-state index in [9.17, 15) is 9.59 Å². The average molecular weight is 628 g/mol. The summed E-state index contributed by atoms with van der Waals surface area (Å²) in [5, 5.41) is 4.45. The fraction of sp³-hybridized carbons (Fsp3) is 0.564. The first kappa shape index (κ1) is 32.5. The van der Waals surface area contributed by atoms with Crippen molar-refractivity contribution in [2.75, 3.05) is 18.6 Å². The van der Waals surface area contributed by atoms with Crippen molar-refractivity contribution >= 4 is 17.4 Å². The maximum atomic E-state index is 15.3. The standard InChI is InChI=1S/C39H50FN3O3/c1-26(2)43-24-31(23-41-43)34-22-33(11-12-35(34)40)42(37(45)30-8-6-29(7-9-30)21-28(4)44)25-38-14-17-39(18-15-38,19-16-38)32-10-13-36(46-5)27(3)20-32/h10-13,20,22-24,26,29-30H,6-9,14-19,21,25H2,1-5H3. The smallest absolute Gasteiger partial charge is 0.230 e. The van der Waals surface area contributed by atoms with Crippen LogP contribution in [0.4, 0.5) is 10.1 Å². The Morgan fingerprint density at radius 1 is 1.02 bits per heavy atom. The molecule has 0 unspecified atom stereocenters. The van der Waals surface area contributed by atoms with Crippen LogP contribution in [0.5, 0.6) is 5.75 Å². The van der Waals surface area contributed by atoms with E-state index in [4.69, 9.17) is 4.74 Å². The summed E-state index contributed by atoms with van der Waals surface area (Å²) in [6.45, 7) is 8.54. The van der Waals surface area contributed by atoms with Gasteiger partial charge in [-0.25, -0.2) is 4.39 Å². The number of Topliss-reactive ketones (excluding diaryl/α,β-unsaturated/α-hetero) is 1. The predicted molar refractivity (Wildman–Crippen MR) is 181 cm³/mol. The molecular weight excluding hydrogens is 577 g/mol. The number of hydrogen-bond acceptors (Lipinski definition) is 4. The van der Waals surface area contributed by atoms with Gasteiger partial charge in [-0.1, -0.05) is 12.1 Å². The van der Waals surface area contributed by atoms with Crippen molar-refractivity contribution in [2.45, 2.75) is 110 Å². The van der Waals surface area contributed by atoms with Gasteiger partial charge in [0.25, 0.3) is 0 Å². The number of carbonyl (C=O) groups excluding carboxylic acids is 2. The molecule has 4 fully saturated rings. The minimum Gasteiger partial charge on any atom is -0.496 e. The van der Waals surface area contributed by atoms with Crippen LogP contribution in [0.25, 0.3) is 11.1 Å². The summed E-state index contributed by atoms with van der Waals surface area (Å²) >= 11 is 0. The minimum atomic E-state index is -0.308. The maximum absolute atomic E-state index is 15.3. The van der Waals surface area contributed by atoms with Crippen molar-refractivity contribution in [1.29, 1.82) is 0 Å². The molecule has 2 aromatic carbocycles. The number of carbonyl (C=O) groups is 2. The van der Waals surface area contributed by atoms with Crippen LogP contribution in [0.1, 0.15) is 109 Å². The lowest BCUT2D eigenvalue weighted by atomic mass is 9.51. The third kappa shape index (κ3) is 6.39. The molecule has 46 heavy (non-hydrogen) atoms. The fourth-order valence-corrected chi connectivity index (χ4v) is 8.68. The normalized spacial score (nSPS) is 25.9. The molecule has 0 spiro atoms. The van der Waals surface area contributed by atoms with Crippen LogP contribution in [0.3, 0.4) is 0 Å². The van der Waals surface area contributed by atoms with Crippen molar-refractivity contribution in [3.05, 3.63) is 65.7 Å². The van der Waals surface area contributed by atoms with Gasteiger partial charge in [-0.3, -0.25) is 9.48 Å². The van der Waals surface area contributed by atoms with E-state index in [2.05, 4.69) is 30.2 Å². The number of methoxy groups -OCH3 is 1. The van der Waals surface area contributed by atoms with Gasteiger partial charge in [-0.05, 0) is 144 Å². The Morgan fingerprint density at radius 3 is 2.30 bits per heavy atom. The number of ketones is 1. The highest BCUT2D eigenvalue weighted by Gasteiger charge is 2.50. The molecule has 246 valence electrons. The van der Waals surface area contributed by atoms with E-state index in [1.165, 1.54) is 17.2 Å². The molecule has 1 amide bonds. The van der Waals surface area contributed by atoms with Crippen molar-refractivity contribution in [3.63, 3.8) is 0 Å². The van der Waals surface area contributed by atoms with E-state index in [1.807, 2.05) is 35.7 Å². The summed E-state index contributed by atoms with van der Waals surface area (Å²) in [7, 11) is 1.73. The van der Waals surface area contributed by atoms with Crippen LogP contribution in [0, 0.1) is 30.0 Å². The number of rotatable bonds is 10. The summed E-state index contributed by atoms with van der Waals surface area (Å²) in [6.07, 6.45) is 14.2. The molecule has 4 aliphatic carbocycles. The largest absolute Gasteiger partial charge is 0.496 e. The van der Waals surface area contributed by atoms with E-state index >= 15 is 4.39 Å². The van der Waals surface area contributed by atoms with Crippen LogP contribution < -0.4 is 9.64 Å². The lowest BCUT2D eigenvalue weighted by Gasteiger charge is -2.55. The number of amides is 1. The van der Waals surface area contributed by atoms with E-state index in [1.54, 1.807) is 26.3 Å². The van der Waals surface area contributed by atoms with Gasteiger partial charge in [-0.15, -0.1) is 0 Å². The van der Waals surface area contributed by atoms with Gasteiger partial charge in [0.05, 0.1) is 13.3 Å². The molecule has 4 aliphatic rings. The van der Waals surface area contributed by atoms with Crippen molar-refractivity contribution in [2.24, 2.45) is 17.3 Å². The second kappa shape index (κ2) is 13.0. The Bertz CT molecular complexity index is 1560. The van der Waals surface area contributed by atoms with Gasteiger partial charge in [0.1, 0.15) is 17.3 Å². The van der Waals surface area contributed by atoms with Crippen molar-refractivity contribution < 1.29 is 18.7 Å². The van der Waals surface area contributed by atoms with E-state index in [0.717, 1.165) is 81.2 Å². The fourth-order valence-electron chi connectivity index (χ4n) is 8.68. The number of nitrogens with zero attached hydrogens (tertiary/aromatic N) is 3. The molecule has 4 saturated carbocycles. The van der Waals surface area contributed by atoms with Crippen molar-refractivity contribution in [3.8, 4) is 16.9 Å². The predicted octanol–water partition coefficient (Wildman–Crippen LogP) is 9.00. The second-order valence-electron chi connectivity index (χ2n) is 15.0. The zero-order valence-corrected chi connectivity index (χ0v) is 28.3. The number of benzene rings is 2. The molecule has 3 aromatic rings. The number of aromatic nitrogens is 2. The number of aryl methyl sites for hydroxylation is 1. The van der Waals surface area contributed by atoms with Crippen LogP contribution >= 0.6 is 0 Å². The zero-order valence-electron chi connectivity index (χ0n) is 28.3. The summed E-state index contributed by atoms with van der Waals surface area (Å²) in [5.41, 5.74) is 4.79. The number of ether oxygens (including phenoxy) is 1. The molecule has 0 saturated heterocycles. The van der Waals surface area contributed by atoms with Gasteiger partial charge >= 0.3 is 0 Å². The molecule has 7 rings (SSSR count). The molecule has 2 bridgehead atoms. The molecule has 0 atom stereocenters. The summed E-state index contributed by atoms with van der Waals surface area (Å²) in [4.78, 5) is 28.3. The topological polar surface area (TPSA) is 64.4 Å². The first-order valence-electron chi connectivity index (χ1n) is 17.3. The van der Waals surface area contributed by atoms with Gasteiger partial charge in [-0.2, -0.15) is 5.10 Å². The lowest BCUT2D eigenvalue weighted by Crippen LogP contribution is -2.51. The van der Waals surface area contributed by atoms with Gasteiger partial charge in [0, 0.05) is 47.9 Å². The van der Waals surface area contributed by atoms with Crippen molar-refractivity contribution in [1.82, 2.24) is 9.78 Å². The molecular formula is C39H50FN3O3. The van der Waals surface area contributed by atoms with Gasteiger partial charge < -0.3 is 14.4 Å². The second-order valence-corrected chi connectivity index (χ2v) is 15.0. The lowest BCUT2D eigenvalue weighted by molar-refractivity contribution is -0.124. The molecule has 0 radical (unpaired) electrons. The monoisotopic (exact) mass is 627 g/mol. The first-order chi connectivity index (χ1) is 22.0. The van der Waals surface area contributed by atoms with E-state index in [0.29, 0.717) is 24.4 Å². The van der Waals surface area contributed by atoms with E-state index in [-0.39, 0.29) is 40.3 Å². The van der Waals surface area contributed by atoms with Gasteiger partial charge in [0.2, 0.25) is 5.91 Å². The molecule has 7 heteroatoms. The van der Waals surface area contributed by atoms with Crippen LogP contribution in [0.15, 0.2) is 48.8 Å². The summed E-state index contributed by atoms with van der Waals surface area (Å²) in [5.74, 6) is 1.29. The SMILES string of the molecule is COc1ccc(C23CCC(CN(C(=O)C4CCC(CC(C)=O)CC4)c4ccc(F)c(-c5cnn(C(C)C)c5)c4)(CC2)CC3)cc1C. The summed E-state index contributed by atoms with van der Waals surface area (Å²) < 4.78 is 22.7. The maximum Gasteiger partial charge on any atom is 0.230 e. The molecule has 1 heterocycles. The number of halogens is 1. The minimum absolute atomic E-state index is 0.0435. The molecule has 1 aromatic heterocycles. The third-order valence-corrected chi connectivity index (χ3v) is 11.6. The molecule has 0 aliphatic heterocycles. The Hall–Kier alpha value is -3.48. The van der Waals surface area contributed by atoms with Crippen LogP contribution in [-0.2, 0) is 15.0 Å². The Labute approximate surface area is 273 Å².